The number of aliphatic hydroxyl groups is 2. The van der Waals surface area contributed by atoms with Crippen LogP contribution in [0.2, 0.25) is 0 Å². The van der Waals surface area contributed by atoms with E-state index in [0.29, 0.717) is 18.4 Å². The molecule has 0 saturated carbocycles. The Morgan fingerprint density at radius 1 is 0.455 bits per heavy atom. The maximum Gasteiger partial charge on any atom is 0.407 e. The number of hydrogen-bond acceptors (Lipinski definition) is 25. The summed E-state index contributed by atoms with van der Waals surface area (Å²) in [5, 5.41) is 62.9. The Labute approximate surface area is 720 Å². The Kier molecular flexibility index (Phi) is 44.6. The van der Waals surface area contributed by atoms with E-state index in [2.05, 4.69) is 85.1 Å². The van der Waals surface area contributed by atoms with Crippen LogP contribution in [0.5, 0.6) is 0 Å². The zero-order chi connectivity index (χ0) is 93.7. The van der Waals surface area contributed by atoms with Crippen LogP contribution in [-0.2, 0) is 92.4 Å². The largest absolute Gasteiger partial charge is 0.465 e. The number of unbranched alkanes of at least 4 members (excludes halogenated alkanes) is 1. The first-order valence-electron chi connectivity index (χ1n) is 41.5. The summed E-state index contributed by atoms with van der Waals surface area (Å²) in [5.41, 5.74) is -6.05. The number of carbonyl (C=O) groups is 17. The smallest absolute Gasteiger partial charge is 0.407 e. The Morgan fingerprint density at radius 2 is 0.837 bits per heavy atom. The molecule has 1 aromatic rings. The summed E-state index contributed by atoms with van der Waals surface area (Å²) in [6.45, 7) is 31.5. The van der Waals surface area contributed by atoms with Crippen LogP contribution in [0.25, 0.3) is 0 Å². The lowest BCUT2D eigenvalue weighted by atomic mass is 9.89. The summed E-state index contributed by atoms with van der Waals surface area (Å²) < 4.78 is 32.3. The fourth-order valence-corrected chi connectivity index (χ4v) is 11.4. The Balaban J connectivity index is 3.13. The summed E-state index contributed by atoms with van der Waals surface area (Å²) in [6, 6.07) is -9.79. The van der Waals surface area contributed by atoms with Crippen LogP contribution in [0.1, 0.15) is 222 Å². The summed E-state index contributed by atoms with van der Waals surface area (Å²) in [6.07, 6.45) is -11.2. The minimum absolute atomic E-state index is 0.0695. The van der Waals surface area contributed by atoms with Gasteiger partial charge in [-0.05, 0) is 194 Å². The quantitative estimate of drug-likeness (QED) is 0.0265. The van der Waals surface area contributed by atoms with Gasteiger partial charge in [-0.25, -0.2) is 24.0 Å². The second-order valence-electron chi connectivity index (χ2n) is 36.0. The average molecular weight is 1750 g/mol. The predicted octanol–water partition coefficient (Wildman–Crippen LogP) is 1.74. The van der Waals surface area contributed by atoms with Crippen LogP contribution >= 0.6 is 0 Å². The van der Waals surface area contributed by atoms with Crippen LogP contribution in [0.15, 0.2) is 30.3 Å². The number of nitrogens with one attached hydrogen (secondary N) is 16. The summed E-state index contributed by atoms with van der Waals surface area (Å²) >= 11 is 0. The van der Waals surface area contributed by atoms with Crippen molar-refractivity contribution in [2.45, 2.75) is 324 Å². The maximum atomic E-state index is 15.4. The SMILES string of the molecule is CCCCOC(=O)C(C)(C)CC(=O)N[C@@H](CCNC(=O)OC(C)(C)C)C(=O)N[C@H](C(=O)N[C@@H](CCNC(=O)OC(C)(C)C)C(=O)N[C@H]1CCNC(=O)[C@H]([C@H](C)O)NC(=O)[C@H](CCNC(=O)OC(C)(C)C)NC(=O)[C@H](CCNC(=O)OC(C)(C)C)NC(=O)[C@H](CC(C)C)NC(=O)[C@@H](Cc2ccccc2)NC(=O)[C@H](CCNC(=O)OC(C)(C)C)NC1=O)C(C)O. The van der Waals surface area contributed by atoms with E-state index in [4.69, 9.17) is 28.4 Å². The van der Waals surface area contributed by atoms with Gasteiger partial charge in [-0.2, -0.15) is 0 Å². The van der Waals surface area contributed by atoms with Crippen molar-refractivity contribution in [2.24, 2.45) is 11.3 Å². The van der Waals surface area contributed by atoms with Crippen molar-refractivity contribution in [2.75, 3.05) is 45.9 Å². The number of amides is 16. The lowest BCUT2D eigenvalue weighted by Gasteiger charge is -2.29. The molecule has 1 heterocycles. The molecule has 41 heteroatoms. The molecule has 0 radical (unpaired) electrons. The van der Waals surface area contributed by atoms with Crippen molar-refractivity contribution >= 4 is 101 Å². The standard InChI is InChI=1S/C82H138N16O25/c1-23-24-42-118-71(112)82(21,22)45-58(101)89-50(31-37-84-72(113)119-77(6,7)8)65(106)98-60(48(5)100)70(111)94-54(34-40-87-75(116)122-80(15,16)17)63(104)90-51-30-36-83-69(110)59(47(4)99)97-66(107)55(35-41-88-76(117)123-81(18,19)20)92-62(103)52(32-38-85-73(114)120-78(9,10)11)93-67(108)56(43-46(2)3)95-68(109)57(44-49-28-26-25-27-29-49)96-64(105)53(91-61(51)102)33-39-86-74(115)121-79(12,13)14/h25-29,46-48,50-57,59-60,99-100H,23-24,30-45H2,1-22H3,(H,83,110)(H,84,113)(H,85,114)(H,86,115)(H,87,116)(H,88,117)(H,89,101)(H,90,104)(H,91,102)(H,92,103)(H,93,108)(H,94,111)(H,95,109)(H,96,105)(H,97,107)(H,98,106)/t47-,48?,50-,51-,52-,53-,54-,55-,56-,57+,59-,60-/m0/s1. The third-order valence-electron chi connectivity index (χ3n) is 17.3. The lowest BCUT2D eigenvalue weighted by Crippen LogP contribution is -2.62. The number of hydrogen-bond donors (Lipinski definition) is 18. The fraction of sp³-hybridized carbons (Fsp3) is 0.720. The van der Waals surface area contributed by atoms with Gasteiger partial charge >= 0.3 is 36.4 Å². The van der Waals surface area contributed by atoms with Gasteiger partial charge in [-0.3, -0.25) is 57.5 Å². The molecule has 1 saturated heterocycles. The third-order valence-corrected chi connectivity index (χ3v) is 17.3. The molecule has 1 fully saturated rings. The van der Waals surface area contributed by atoms with Gasteiger partial charge in [0.1, 0.15) is 88.4 Å². The molecule has 1 aliphatic rings. The lowest BCUT2D eigenvalue weighted by molar-refractivity contribution is -0.156. The number of carbonyl (C=O) groups excluding carboxylic acids is 17. The predicted molar refractivity (Wildman–Crippen MR) is 448 cm³/mol. The molecular weight excluding hydrogens is 1610 g/mol. The van der Waals surface area contributed by atoms with Gasteiger partial charge < -0.3 is 124 Å². The summed E-state index contributed by atoms with van der Waals surface area (Å²) in [4.78, 5) is 242. The Hall–Kier alpha value is -10.9. The summed E-state index contributed by atoms with van der Waals surface area (Å²) in [7, 11) is 0. The van der Waals surface area contributed by atoms with E-state index >= 15 is 19.2 Å². The molecule has 1 aliphatic heterocycles. The molecule has 2 rings (SSSR count). The highest BCUT2D eigenvalue weighted by Gasteiger charge is 2.41. The minimum atomic E-state index is -2.03. The second kappa shape index (κ2) is 50.6. The molecule has 16 amide bonds. The average Bonchev–Trinajstić information content (AvgIpc) is 1.43. The van der Waals surface area contributed by atoms with Crippen molar-refractivity contribution in [3.05, 3.63) is 35.9 Å². The monoisotopic (exact) mass is 1750 g/mol. The number of esters is 1. The van der Waals surface area contributed by atoms with E-state index in [1.165, 1.54) is 13.8 Å². The number of aliphatic hydroxyl groups excluding tert-OH is 2. The molecule has 1 aromatic carbocycles. The van der Waals surface area contributed by atoms with Crippen LogP contribution in [0.3, 0.4) is 0 Å². The molecule has 0 spiro atoms. The van der Waals surface area contributed by atoms with E-state index in [1.807, 2.05) is 6.92 Å². The number of ether oxygens (including phenoxy) is 6. The highest BCUT2D eigenvalue weighted by Crippen LogP contribution is 2.24. The topological polar surface area (TPSA) is 579 Å². The number of rotatable bonds is 34. The maximum absolute atomic E-state index is 15.4. The molecule has 0 aliphatic carbocycles. The molecule has 1 unspecified atom stereocenters. The number of alkyl carbamates (subject to hydrolysis) is 5. The zero-order valence-electron chi connectivity index (χ0n) is 75.4. The van der Waals surface area contributed by atoms with E-state index in [1.54, 1.807) is 148 Å². The zero-order valence-corrected chi connectivity index (χ0v) is 75.4. The summed E-state index contributed by atoms with van der Waals surface area (Å²) in [5.74, 6) is -13.5. The molecule has 123 heavy (non-hydrogen) atoms. The van der Waals surface area contributed by atoms with E-state index in [-0.39, 0.29) is 32.5 Å². The van der Waals surface area contributed by atoms with Gasteiger partial charge in [0.2, 0.25) is 65.0 Å². The van der Waals surface area contributed by atoms with Gasteiger partial charge in [-0.1, -0.05) is 57.5 Å². The van der Waals surface area contributed by atoms with Crippen LogP contribution in [-0.4, -0.2) is 258 Å². The first-order chi connectivity index (χ1) is 56.8. The highest BCUT2D eigenvalue weighted by atomic mass is 16.6. The number of benzene rings is 1. The van der Waals surface area contributed by atoms with Crippen molar-refractivity contribution in [1.82, 2.24) is 85.1 Å². The van der Waals surface area contributed by atoms with Crippen LogP contribution < -0.4 is 85.1 Å². The first-order valence-corrected chi connectivity index (χ1v) is 41.5. The van der Waals surface area contributed by atoms with Crippen molar-refractivity contribution in [1.29, 1.82) is 0 Å². The van der Waals surface area contributed by atoms with Gasteiger partial charge in [0.15, 0.2) is 0 Å². The van der Waals surface area contributed by atoms with Gasteiger partial charge in [-0.15, -0.1) is 0 Å². The first kappa shape index (κ1) is 108. The molecule has 12 atom stereocenters. The van der Waals surface area contributed by atoms with Crippen molar-refractivity contribution < 1.29 is 120 Å². The van der Waals surface area contributed by atoms with Gasteiger partial charge in [0, 0.05) is 52.1 Å². The Bertz CT molecular complexity index is 3710. The molecular formula is C82H138N16O25. The molecule has 0 bridgehead atoms. The van der Waals surface area contributed by atoms with Crippen LogP contribution in [0, 0.1) is 11.3 Å². The van der Waals surface area contributed by atoms with E-state index < -0.39 is 285 Å². The fourth-order valence-electron chi connectivity index (χ4n) is 11.4. The third kappa shape index (κ3) is 45.7. The normalized spacial score (nSPS) is 19.6. The molecule has 18 N–H and O–H groups in total. The van der Waals surface area contributed by atoms with Crippen molar-refractivity contribution in [3.8, 4) is 0 Å². The highest BCUT2D eigenvalue weighted by molar-refractivity contribution is 6.00. The van der Waals surface area contributed by atoms with Gasteiger partial charge in [0.05, 0.1) is 24.2 Å². The molecule has 696 valence electrons. The van der Waals surface area contributed by atoms with Crippen LogP contribution in [0.4, 0.5) is 24.0 Å². The minimum Gasteiger partial charge on any atom is -0.465 e. The Morgan fingerprint density at radius 3 is 1.24 bits per heavy atom. The second-order valence-corrected chi connectivity index (χ2v) is 36.0. The van der Waals surface area contributed by atoms with E-state index in [9.17, 15) is 72.5 Å². The molecule has 41 nitrogen and oxygen atoms in total. The molecule has 0 aromatic heterocycles. The van der Waals surface area contributed by atoms with Crippen molar-refractivity contribution in [3.63, 3.8) is 0 Å². The van der Waals surface area contributed by atoms with Gasteiger partial charge in [0.25, 0.3) is 0 Å². The van der Waals surface area contributed by atoms with E-state index in [0.717, 1.165) is 13.8 Å².